The van der Waals surface area contributed by atoms with Gasteiger partial charge in [-0.2, -0.15) is 0 Å². The topological polar surface area (TPSA) is 71.3 Å². The molecule has 0 saturated carbocycles. The molecule has 1 fully saturated rings. The summed E-state index contributed by atoms with van der Waals surface area (Å²) < 4.78 is 5.74. The van der Waals surface area contributed by atoms with Gasteiger partial charge in [-0.15, -0.1) is 0 Å². The van der Waals surface area contributed by atoms with E-state index in [1.165, 1.54) is 5.56 Å². The number of fused-ring (bicyclic) bond motifs is 1. The number of rotatable bonds is 4. The average Bonchev–Trinajstić information content (AvgIpc) is 3.02. The quantitative estimate of drug-likeness (QED) is 0.689. The van der Waals surface area contributed by atoms with Crippen molar-refractivity contribution in [3.8, 4) is 0 Å². The van der Waals surface area contributed by atoms with E-state index in [-0.39, 0.29) is 11.8 Å². The Balaban J connectivity index is 1.41. The molecule has 0 aliphatic carbocycles. The summed E-state index contributed by atoms with van der Waals surface area (Å²) in [7, 11) is 0. The number of amides is 1. The Labute approximate surface area is 171 Å². The lowest BCUT2D eigenvalue weighted by Crippen LogP contribution is -2.38. The van der Waals surface area contributed by atoms with Gasteiger partial charge in [-0.1, -0.05) is 26.0 Å². The zero-order valence-corrected chi connectivity index (χ0v) is 17.5. The van der Waals surface area contributed by atoms with E-state index in [1.807, 2.05) is 26.0 Å². The lowest BCUT2D eigenvalue weighted by atomic mass is 9.95. The molecule has 0 atom stereocenters. The highest BCUT2D eigenvalue weighted by atomic mass is 16.3. The third-order valence-corrected chi connectivity index (χ3v) is 5.96. The van der Waals surface area contributed by atoms with Crippen molar-refractivity contribution in [2.45, 2.75) is 46.5 Å². The van der Waals surface area contributed by atoms with Crippen LogP contribution in [0.2, 0.25) is 0 Å². The lowest BCUT2D eigenvalue weighted by Gasteiger charge is -2.32. The van der Waals surface area contributed by atoms with Crippen LogP contribution in [0, 0.1) is 19.8 Å². The molecule has 4 rings (SSSR count). The first kappa shape index (κ1) is 19.4. The van der Waals surface area contributed by atoms with E-state index < -0.39 is 0 Å². The molecule has 29 heavy (non-hydrogen) atoms. The monoisotopic (exact) mass is 392 g/mol. The molecule has 3 heterocycles. The SMILES string of the molecule is Cc1oc2ncnc(N3CCC(C(=O)Nc4ccc(C(C)C)cc4)CC3)c2c1C. The molecule has 6 heteroatoms. The maximum atomic E-state index is 12.7. The molecule has 1 aliphatic heterocycles. The minimum absolute atomic E-state index is 0.0144. The van der Waals surface area contributed by atoms with Crippen molar-refractivity contribution in [2.24, 2.45) is 5.92 Å². The Bertz CT molecular complexity index is 1020. The van der Waals surface area contributed by atoms with Crippen LogP contribution in [0.4, 0.5) is 11.5 Å². The number of piperidine rings is 1. The summed E-state index contributed by atoms with van der Waals surface area (Å²) in [6, 6.07) is 8.14. The number of carbonyl (C=O) groups is 1. The molecule has 3 aromatic rings. The van der Waals surface area contributed by atoms with Crippen LogP contribution in [0.15, 0.2) is 35.0 Å². The number of carbonyl (C=O) groups excluding carboxylic acids is 1. The van der Waals surface area contributed by atoms with E-state index in [9.17, 15) is 4.79 Å². The smallest absolute Gasteiger partial charge is 0.231 e. The number of aryl methyl sites for hydroxylation is 2. The van der Waals surface area contributed by atoms with Crippen molar-refractivity contribution in [1.29, 1.82) is 0 Å². The zero-order valence-electron chi connectivity index (χ0n) is 17.5. The van der Waals surface area contributed by atoms with Crippen LogP contribution in [-0.4, -0.2) is 29.0 Å². The molecule has 1 saturated heterocycles. The van der Waals surface area contributed by atoms with E-state index in [0.717, 1.165) is 54.1 Å². The fourth-order valence-corrected chi connectivity index (χ4v) is 3.95. The highest BCUT2D eigenvalue weighted by molar-refractivity contribution is 5.93. The van der Waals surface area contributed by atoms with Crippen molar-refractivity contribution >= 4 is 28.5 Å². The zero-order chi connectivity index (χ0) is 20.5. The van der Waals surface area contributed by atoms with E-state index >= 15 is 0 Å². The van der Waals surface area contributed by atoms with Crippen LogP contribution in [-0.2, 0) is 4.79 Å². The molecular weight excluding hydrogens is 364 g/mol. The second-order valence-electron chi connectivity index (χ2n) is 8.19. The summed E-state index contributed by atoms with van der Waals surface area (Å²) >= 11 is 0. The van der Waals surface area contributed by atoms with Gasteiger partial charge in [-0.25, -0.2) is 9.97 Å². The number of nitrogens with zero attached hydrogens (tertiary/aromatic N) is 3. The summed E-state index contributed by atoms with van der Waals surface area (Å²) in [6.07, 6.45) is 3.16. The molecule has 1 N–H and O–H groups in total. The van der Waals surface area contributed by atoms with Gasteiger partial charge in [0.2, 0.25) is 11.6 Å². The average molecular weight is 393 g/mol. The largest absolute Gasteiger partial charge is 0.443 e. The number of hydrogen-bond donors (Lipinski definition) is 1. The predicted octanol–water partition coefficient (Wildman–Crippen LogP) is 4.82. The maximum Gasteiger partial charge on any atom is 0.231 e. The first-order valence-corrected chi connectivity index (χ1v) is 10.3. The van der Waals surface area contributed by atoms with Crippen LogP contribution in [0.1, 0.15) is 49.5 Å². The summed E-state index contributed by atoms with van der Waals surface area (Å²) in [5.74, 6) is 2.39. The van der Waals surface area contributed by atoms with E-state index in [2.05, 4.69) is 46.2 Å². The van der Waals surface area contributed by atoms with Crippen molar-refractivity contribution in [2.75, 3.05) is 23.3 Å². The van der Waals surface area contributed by atoms with Gasteiger partial charge in [-0.05, 0) is 50.3 Å². The van der Waals surface area contributed by atoms with Crippen LogP contribution >= 0.6 is 0 Å². The molecule has 6 nitrogen and oxygen atoms in total. The number of anilines is 2. The summed E-state index contributed by atoms with van der Waals surface area (Å²) in [4.78, 5) is 23.7. The van der Waals surface area contributed by atoms with Crippen LogP contribution in [0.25, 0.3) is 11.1 Å². The summed E-state index contributed by atoms with van der Waals surface area (Å²) in [5.41, 5.74) is 3.86. The van der Waals surface area contributed by atoms with Crippen molar-refractivity contribution in [1.82, 2.24) is 9.97 Å². The number of aromatic nitrogens is 2. The van der Waals surface area contributed by atoms with Gasteiger partial charge in [0.25, 0.3) is 0 Å². The maximum absolute atomic E-state index is 12.7. The molecule has 1 aliphatic rings. The number of benzene rings is 1. The van der Waals surface area contributed by atoms with Gasteiger partial charge in [0.05, 0.1) is 5.39 Å². The fourth-order valence-electron chi connectivity index (χ4n) is 3.95. The van der Waals surface area contributed by atoms with Crippen molar-refractivity contribution in [3.05, 3.63) is 47.5 Å². The molecule has 0 spiro atoms. The Morgan fingerprint density at radius 2 is 1.83 bits per heavy atom. The molecule has 152 valence electrons. The molecule has 0 unspecified atom stereocenters. The Hall–Kier alpha value is -2.89. The first-order valence-electron chi connectivity index (χ1n) is 10.3. The van der Waals surface area contributed by atoms with Crippen LogP contribution < -0.4 is 10.2 Å². The highest BCUT2D eigenvalue weighted by Gasteiger charge is 2.27. The van der Waals surface area contributed by atoms with Gasteiger partial charge in [0.1, 0.15) is 17.9 Å². The normalized spacial score (nSPS) is 15.3. The summed E-state index contributed by atoms with van der Waals surface area (Å²) in [5, 5.41) is 4.06. The van der Waals surface area contributed by atoms with E-state index in [1.54, 1.807) is 6.33 Å². The highest BCUT2D eigenvalue weighted by Crippen LogP contribution is 2.32. The minimum Gasteiger partial charge on any atom is -0.443 e. The molecule has 1 aromatic carbocycles. The number of hydrogen-bond acceptors (Lipinski definition) is 5. The van der Waals surface area contributed by atoms with Crippen molar-refractivity contribution in [3.63, 3.8) is 0 Å². The molecular formula is C23H28N4O2. The molecule has 0 bridgehead atoms. The lowest BCUT2D eigenvalue weighted by molar-refractivity contribution is -0.120. The summed E-state index contributed by atoms with van der Waals surface area (Å²) in [6.45, 7) is 9.91. The van der Waals surface area contributed by atoms with Gasteiger partial charge in [0.15, 0.2) is 0 Å². The second-order valence-corrected chi connectivity index (χ2v) is 8.19. The Morgan fingerprint density at radius 1 is 1.14 bits per heavy atom. The van der Waals surface area contributed by atoms with Crippen molar-refractivity contribution < 1.29 is 9.21 Å². The fraction of sp³-hybridized carbons (Fsp3) is 0.435. The minimum atomic E-state index is 0.0144. The van der Waals surface area contributed by atoms with Crippen LogP contribution in [0.5, 0.6) is 0 Å². The Morgan fingerprint density at radius 3 is 2.48 bits per heavy atom. The van der Waals surface area contributed by atoms with Crippen LogP contribution in [0.3, 0.4) is 0 Å². The molecule has 2 aromatic heterocycles. The standard InChI is InChI=1S/C23H28N4O2/c1-14(2)17-5-7-19(8-6-17)26-22(28)18-9-11-27(12-10-18)21-20-15(3)16(4)29-23(20)25-13-24-21/h5-8,13-14,18H,9-12H2,1-4H3,(H,26,28). The van der Waals surface area contributed by atoms with Gasteiger partial charge in [0, 0.05) is 30.3 Å². The predicted molar refractivity (Wildman–Crippen MR) is 115 cm³/mol. The third-order valence-electron chi connectivity index (χ3n) is 5.96. The second kappa shape index (κ2) is 7.85. The number of nitrogens with one attached hydrogen (secondary N) is 1. The molecule has 0 radical (unpaired) electrons. The van der Waals surface area contributed by atoms with Gasteiger partial charge < -0.3 is 14.6 Å². The van der Waals surface area contributed by atoms with Gasteiger partial charge >= 0.3 is 0 Å². The first-order chi connectivity index (χ1) is 13.9. The van der Waals surface area contributed by atoms with E-state index in [4.69, 9.17) is 4.42 Å². The molecule has 1 amide bonds. The number of furan rings is 1. The third kappa shape index (κ3) is 3.84. The van der Waals surface area contributed by atoms with Gasteiger partial charge in [-0.3, -0.25) is 4.79 Å². The Kier molecular flexibility index (Phi) is 5.26. The van der Waals surface area contributed by atoms with E-state index in [0.29, 0.717) is 11.6 Å².